The number of nitrogens with one attached hydrogen (secondary N) is 1. The molecule has 0 radical (unpaired) electrons. The third-order valence-electron chi connectivity index (χ3n) is 5.54. The van der Waals surface area contributed by atoms with Crippen LogP contribution in [0.5, 0.6) is 0 Å². The molecule has 2 unspecified atom stereocenters. The molecule has 1 heterocycles. The molecule has 3 nitrogen and oxygen atoms in total. The zero-order chi connectivity index (χ0) is 14.7. The Morgan fingerprint density at radius 2 is 1.81 bits per heavy atom. The third-order valence-corrected chi connectivity index (χ3v) is 5.54. The Labute approximate surface area is 129 Å². The molecular formula is C18H32N2O. The fourth-order valence-corrected chi connectivity index (χ4v) is 4.32. The van der Waals surface area contributed by atoms with Crippen molar-refractivity contribution in [2.24, 2.45) is 11.8 Å². The van der Waals surface area contributed by atoms with Gasteiger partial charge in [-0.15, -0.1) is 0 Å². The number of rotatable bonds is 6. The number of carbonyl (C=O) groups excluding carboxylic acids is 1. The van der Waals surface area contributed by atoms with E-state index in [0.717, 1.165) is 43.8 Å². The minimum absolute atomic E-state index is 0.385. The monoisotopic (exact) mass is 292 g/mol. The van der Waals surface area contributed by atoms with Gasteiger partial charge in [0.1, 0.15) is 0 Å². The van der Waals surface area contributed by atoms with Gasteiger partial charge in [-0.1, -0.05) is 32.6 Å². The minimum Gasteiger partial charge on any atom is -0.341 e. The molecule has 1 aliphatic heterocycles. The average molecular weight is 292 g/mol. The van der Waals surface area contributed by atoms with Crippen LogP contribution in [0.1, 0.15) is 71.1 Å². The summed E-state index contributed by atoms with van der Waals surface area (Å²) in [5.41, 5.74) is 0. The van der Waals surface area contributed by atoms with Gasteiger partial charge in [0.25, 0.3) is 0 Å². The number of likely N-dealkylation sites (tertiary alicyclic amines) is 1. The van der Waals surface area contributed by atoms with Crippen molar-refractivity contribution in [2.45, 2.75) is 83.2 Å². The van der Waals surface area contributed by atoms with Gasteiger partial charge in [-0.3, -0.25) is 4.79 Å². The Morgan fingerprint density at radius 1 is 1.05 bits per heavy atom. The van der Waals surface area contributed by atoms with Crippen LogP contribution in [-0.4, -0.2) is 36.0 Å². The third kappa shape index (κ3) is 4.45. The van der Waals surface area contributed by atoms with E-state index in [1.54, 1.807) is 0 Å². The topological polar surface area (TPSA) is 32.3 Å². The number of carbonyl (C=O) groups is 1. The highest BCUT2D eigenvalue weighted by molar-refractivity contribution is 5.76. The molecule has 21 heavy (non-hydrogen) atoms. The Morgan fingerprint density at radius 3 is 2.48 bits per heavy atom. The molecule has 3 aliphatic rings. The van der Waals surface area contributed by atoms with Crippen molar-refractivity contribution in [3.63, 3.8) is 0 Å². The molecule has 3 heteroatoms. The zero-order valence-corrected chi connectivity index (χ0v) is 13.7. The number of hydrogen-bond donors (Lipinski definition) is 1. The van der Waals surface area contributed by atoms with Crippen LogP contribution in [0.2, 0.25) is 0 Å². The van der Waals surface area contributed by atoms with Gasteiger partial charge in [0, 0.05) is 31.6 Å². The Balaban J connectivity index is 1.56. The van der Waals surface area contributed by atoms with Crippen LogP contribution in [0.4, 0.5) is 0 Å². The molecule has 2 aliphatic carbocycles. The van der Waals surface area contributed by atoms with Crippen molar-refractivity contribution in [3.05, 3.63) is 0 Å². The van der Waals surface area contributed by atoms with Crippen LogP contribution in [-0.2, 0) is 4.79 Å². The second-order valence-electron chi connectivity index (χ2n) is 7.67. The van der Waals surface area contributed by atoms with E-state index in [0.29, 0.717) is 11.9 Å². The molecule has 120 valence electrons. The summed E-state index contributed by atoms with van der Waals surface area (Å²) in [5.74, 6) is 2.10. The van der Waals surface area contributed by atoms with Crippen LogP contribution in [0.3, 0.4) is 0 Å². The SMILES string of the molecule is CCCC(=O)N1CC(CC2CC2)CC(NC2CCCC2)C1. The predicted molar refractivity (Wildman–Crippen MR) is 86.1 cm³/mol. The van der Waals surface area contributed by atoms with Gasteiger partial charge in [-0.05, 0) is 43.9 Å². The molecule has 2 saturated carbocycles. The van der Waals surface area contributed by atoms with Crippen molar-refractivity contribution in [1.82, 2.24) is 10.2 Å². The maximum absolute atomic E-state index is 12.3. The number of nitrogens with zero attached hydrogens (tertiary/aromatic N) is 1. The summed E-state index contributed by atoms with van der Waals surface area (Å²) < 4.78 is 0. The Bertz CT molecular complexity index is 347. The molecule has 2 atom stereocenters. The molecule has 0 aromatic rings. The van der Waals surface area contributed by atoms with Crippen LogP contribution in [0.15, 0.2) is 0 Å². The maximum Gasteiger partial charge on any atom is 0.222 e. The van der Waals surface area contributed by atoms with E-state index in [-0.39, 0.29) is 0 Å². The van der Waals surface area contributed by atoms with Crippen LogP contribution >= 0.6 is 0 Å². The largest absolute Gasteiger partial charge is 0.341 e. The van der Waals surface area contributed by atoms with Gasteiger partial charge in [0.2, 0.25) is 5.91 Å². The Kier molecular flexibility index (Phi) is 5.20. The fourth-order valence-electron chi connectivity index (χ4n) is 4.32. The lowest BCUT2D eigenvalue weighted by molar-refractivity contribution is -0.133. The molecule has 1 N–H and O–H groups in total. The molecule has 0 aromatic carbocycles. The van der Waals surface area contributed by atoms with Gasteiger partial charge in [0.05, 0.1) is 0 Å². The zero-order valence-electron chi connectivity index (χ0n) is 13.7. The van der Waals surface area contributed by atoms with Crippen molar-refractivity contribution < 1.29 is 4.79 Å². The van der Waals surface area contributed by atoms with E-state index in [1.807, 2.05) is 0 Å². The summed E-state index contributed by atoms with van der Waals surface area (Å²) >= 11 is 0. The molecule has 1 saturated heterocycles. The molecule has 3 fully saturated rings. The van der Waals surface area contributed by atoms with E-state index < -0.39 is 0 Å². The van der Waals surface area contributed by atoms with Gasteiger partial charge in [-0.25, -0.2) is 0 Å². The summed E-state index contributed by atoms with van der Waals surface area (Å²) in [4.78, 5) is 14.5. The van der Waals surface area contributed by atoms with Crippen molar-refractivity contribution >= 4 is 5.91 Å². The normalized spacial score (nSPS) is 30.8. The van der Waals surface area contributed by atoms with E-state index in [4.69, 9.17) is 0 Å². The van der Waals surface area contributed by atoms with Crippen molar-refractivity contribution in [1.29, 1.82) is 0 Å². The van der Waals surface area contributed by atoms with E-state index in [9.17, 15) is 4.79 Å². The summed E-state index contributed by atoms with van der Waals surface area (Å²) in [6.07, 6.45) is 12.7. The molecule has 0 spiro atoms. The summed E-state index contributed by atoms with van der Waals surface area (Å²) in [5, 5.41) is 3.87. The first kappa shape index (κ1) is 15.3. The van der Waals surface area contributed by atoms with Crippen molar-refractivity contribution in [3.8, 4) is 0 Å². The smallest absolute Gasteiger partial charge is 0.222 e. The number of hydrogen-bond acceptors (Lipinski definition) is 2. The minimum atomic E-state index is 0.385. The average Bonchev–Trinajstić information content (AvgIpc) is 3.12. The van der Waals surface area contributed by atoms with Gasteiger partial charge in [0.15, 0.2) is 0 Å². The van der Waals surface area contributed by atoms with E-state index in [1.165, 1.54) is 51.4 Å². The molecular weight excluding hydrogens is 260 g/mol. The second kappa shape index (κ2) is 7.13. The van der Waals surface area contributed by atoms with E-state index in [2.05, 4.69) is 17.1 Å². The second-order valence-corrected chi connectivity index (χ2v) is 7.67. The summed E-state index contributed by atoms with van der Waals surface area (Å²) in [6.45, 7) is 4.09. The van der Waals surface area contributed by atoms with Crippen LogP contribution < -0.4 is 5.32 Å². The Hall–Kier alpha value is -0.570. The van der Waals surface area contributed by atoms with Gasteiger partial charge >= 0.3 is 0 Å². The first-order valence-electron chi connectivity index (χ1n) is 9.28. The van der Waals surface area contributed by atoms with Crippen molar-refractivity contribution in [2.75, 3.05) is 13.1 Å². The molecule has 3 rings (SSSR count). The highest BCUT2D eigenvalue weighted by Gasteiger charge is 2.34. The lowest BCUT2D eigenvalue weighted by Gasteiger charge is -2.39. The van der Waals surface area contributed by atoms with Crippen LogP contribution in [0, 0.1) is 11.8 Å². The van der Waals surface area contributed by atoms with E-state index >= 15 is 0 Å². The fraction of sp³-hybridized carbons (Fsp3) is 0.944. The molecule has 0 bridgehead atoms. The summed E-state index contributed by atoms with van der Waals surface area (Å²) in [6, 6.07) is 1.27. The summed E-state index contributed by atoms with van der Waals surface area (Å²) in [7, 11) is 0. The highest BCUT2D eigenvalue weighted by atomic mass is 16.2. The van der Waals surface area contributed by atoms with Crippen LogP contribution in [0.25, 0.3) is 0 Å². The first-order chi connectivity index (χ1) is 10.2. The quantitative estimate of drug-likeness (QED) is 0.814. The number of piperidine rings is 1. The first-order valence-corrected chi connectivity index (χ1v) is 9.28. The molecule has 1 amide bonds. The molecule has 0 aromatic heterocycles. The van der Waals surface area contributed by atoms with Gasteiger partial charge in [-0.2, -0.15) is 0 Å². The number of amides is 1. The lowest BCUT2D eigenvalue weighted by Crippen LogP contribution is -2.53. The lowest BCUT2D eigenvalue weighted by atomic mass is 9.89. The highest BCUT2D eigenvalue weighted by Crippen LogP contribution is 2.38. The maximum atomic E-state index is 12.3. The van der Waals surface area contributed by atoms with Gasteiger partial charge < -0.3 is 10.2 Å². The predicted octanol–water partition coefficient (Wildman–Crippen LogP) is 3.34. The standard InChI is InChI=1S/C18H32N2O/c1-2-5-18(21)20-12-15(10-14-8-9-14)11-17(13-20)19-16-6-3-4-7-16/h14-17,19H,2-13H2,1H3.